The Bertz CT molecular complexity index is 718. The van der Waals surface area contributed by atoms with Gasteiger partial charge in [-0.05, 0) is 24.3 Å². The molecule has 2 aromatic rings. The van der Waals surface area contributed by atoms with Crippen molar-refractivity contribution in [1.29, 1.82) is 0 Å². The van der Waals surface area contributed by atoms with Gasteiger partial charge >= 0.3 is 5.97 Å². The van der Waals surface area contributed by atoms with Crippen LogP contribution in [0.15, 0.2) is 42.5 Å². The SMILES string of the molecule is COc1cc(C(=O)O)cc(Cl)c1OCC(=O)Nc1ccccc1. The zero-order chi connectivity index (χ0) is 16.8. The first kappa shape index (κ1) is 16.6. The Morgan fingerprint density at radius 3 is 2.52 bits per heavy atom. The van der Waals surface area contributed by atoms with Crippen LogP contribution in [0.3, 0.4) is 0 Å². The van der Waals surface area contributed by atoms with Gasteiger partial charge in [0.1, 0.15) is 0 Å². The molecule has 0 saturated carbocycles. The number of hydrogen-bond acceptors (Lipinski definition) is 4. The second-order valence-corrected chi connectivity index (χ2v) is 4.90. The maximum absolute atomic E-state index is 11.9. The first-order valence-corrected chi connectivity index (χ1v) is 6.97. The molecule has 7 heteroatoms. The van der Waals surface area contributed by atoms with E-state index < -0.39 is 5.97 Å². The van der Waals surface area contributed by atoms with Crippen molar-refractivity contribution >= 4 is 29.2 Å². The van der Waals surface area contributed by atoms with E-state index in [-0.39, 0.29) is 34.6 Å². The van der Waals surface area contributed by atoms with Gasteiger partial charge in [0.25, 0.3) is 5.91 Å². The molecule has 0 radical (unpaired) electrons. The van der Waals surface area contributed by atoms with Crippen molar-refractivity contribution in [3.8, 4) is 11.5 Å². The summed E-state index contributed by atoms with van der Waals surface area (Å²) in [5, 5.41) is 11.7. The standard InChI is InChI=1S/C16H14ClNO5/c1-22-13-8-10(16(20)21)7-12(17)15(13)23-9-14(19)18-11-5-3-2-4-6-11/h2-8H,9H2,1H3,(H,18,19)(H,20,21). The number of methoxy groups -OCH3 is 1. The monoisotopic (exact) mass is 335 g/mol. The molecule has 6 nitrogen and oxygen atoms in total. The van der Waals surface area contributed by atoms with Crippen LogP contribution in [0.5, 0.6) is 11.5 Å². The number of aromatic carboxylic acids is 1. The third-order valence-corrected chi connectivity index (χ3v) is 3.16. The molecule has 0 aromatic heterocycles. The van der Waals surface area contributed by atoms with E-state index in [1.807, 2.05) is 6.07 Å². The first-order chi connectivity index (χ1) is 11.0. The Kier molecular flexibility index (Phi) is 5.43. The summed E-state index contributed by atoms with van der Waals surface area (Å²) in [6.45, 7) is -0.294. The van der Waals surface area contributed by atoms with Crippen LogP contribution in [0.25, 0.3) is 0 Å². The molecular weight excluding hydrogens is 322 g/mol. The van der Waals surface area contributed by atoms with Crippen molar-refractivity contribution in [2.24, 2.45) is 0 Å². The topological polar surface area (TPSA) is 84.9 Å². The van der Waals surface area contributed by atoms with Crippen molar-refractivity contribution in [3.05, 3.63) is 53.1 Å². The van der Waals surface area contributed by atoms with Crippen LogP contribution in [0.1, 0.15) is 10.4 Å². The summed E-state index contributed by atoms with van der Waals surface area (Å²) >= 11 is 6.00. The smallest absolute Gasteiger partial charge is 0.335 e. The van der Waals surface area contributed by atoms with Crippen molar-refractivity contribution in [1.82, 2.24) is 0 Å². The van der Waals surface area contributed by atoms with Crippen LogP contribution in [0.2, 0.25) is 5.02 Å². The molecule has 0 bridgehead atoms. The third kappa shape index (κ3) is 4.37. The van der Waals surface area contributed by atoms with Gasteiger partial charge in [0.15, 0.2) is 18.1 Å². The van der Waals surface area contributed by atoms with Crippen LogP contribution in [0.4, 0.5) is 5.69 Å². The summed E-state index contributed by atoms with van der Waals surface area (Å²) in [7, 11) is 1.36. The molecule has 0 heterocycles. The van der Waals surface area contributed by atoms with E-state index in [4.69, 9.17) is 26.2 Å². The molecule has 2 N–H and O–H groups in total. The number of ether oxygens (including phenoxy) is 2. The Hall–Kier alpha value is -2.73. The fourth-order valence-corrected chi connectivity index (χ4v) is 2.10. The minimum Gasteiger partial charge on any atom is -0.493 e. The number of carbonyl (C=O) groups excluding carboxylic acids is 1. The maximum Gasteiger partial charge on any atom is 0.335 e. The minimum atomic E-state index is -1.14. The summed E-state index contributed by atoms with van der Waals surface area (Å²) in [5.74, 6) is -1.26. The fraction of sp³-hybridized carbons (Fsp3) is 0.125. The predicted molar refractivity (Wildman–Crippen MR) is 85.5 cm³/mol. The molecule has 0 atom stereocenters. The van der Waals surface area contributed by atoms with Crippen LogP contribution in [-0.4, -0.2) is 30.7 Å². The van der Waals surface area contributed by atoms with E-state index in [0.29, 0.717) is 5.69 Å². The van der Waals surface area contributed by atoms with Gasteiger partial charge in [-0.15, -0.1) is 0 Å². The molecule has 120 valence electrons. The lowest BCUT2D eigenvalue weighted by atomic mass is 10.2. The molecule has 1 amide bonds. The highest BCUT2D eigenvalue weighted by atomic mass is 35.5. The van der Waals surface area contributed by atoms with Crippen molar-refractivity contribution < 1.29 is 24.2 Å². The van der Waals surface area contributed by atoms with E-state index in [0.717, 1.165) is 0 Å². The highest BCUT2D eigenvalue weighted by Crippen LogP contribution is 2.36. The highest BCUT2D eigenvalue weighted by molar-refractivity contribution is 6.32. The highest BCUT2D eigenvalue weighted by Gasteiger charge is 2.16. The number of carbonyl (C=O) groups is 2. The van der Waals surface area contributed by atoms with Gasteiger partial charge in [-0.25, -0.2) is 4.79 Å². The number of amides is 1. The number of anilines is 1. The van der Waals surface area contributed by atoms with Gasteiger partial charge in [-0.1, -0.05) is 29.8 Å². The van der Waals surface area contributed by atoms with E-state index in [1.165, 1.54) is 19.2 Å². The zero-order valence-corrected chi connectivity index (χ0v) is 13.0. The largest absolute Gasteiger partial charge is 0.493 e. The summed E-state index contributed by atoms with van der Waals surface area (Å²) in [6.07, 6.45) is 0. The Balaban J connectivity index is 2.08. The number of nitrogens with one attached hydrogen (secondary N) is 1. The molecule has 0 aliphatic heterocycles. The molecule has 2 aromatic carbocycles. The van der Waals surface area contributed by atoms with Crippen molar-refractivity contribution in [3.63, 3.8) is 0 Å². The molecule has 0 spiro atoms. The van der Waals surface area contributed by atoms with Gasteiger partial charge in [0.2, 0.25) is 0 Å². The maximum atomic E-state index is 11.9. The Labute approximate surface area is 137 Å². The zero-order valence-electron chi connectivity index (χ0n) is 12.2. The summed E-state index contributed by atoms with van der Waals surface area (Å²) in [6, 6.07) is 11.4. The molecular formula is C16H14ClNO5. The lowest BCUT2D eigenvalue weighted by Gasteiger charge is -2.13. The summed E-state index contributed by atoms with van der Waals surface area (Å²) < 4.78 is 10.4. The lowest BCUT2D eigenvalue weighted by molar-refractivity contribution is -0.118. The van der Waals surface area contributed by atoms with E-state index in [1.54, 1.807) is 24.3 Å². The normalized spacial score (nSPS) is 10.0. The van der Waals surface area contributed by atoms with Gasteiger partial charge in [-0.2, -0.15) is 0 Å². The number of carboxylic acids is 1. The number of carboxylic acid groups (broad SMARTS) is 1. The predicted octanol–water partition coefficient (Wildman–Crippen LogP) is 3.06. The molecule has 0 saturated heterocycles. The Morgan fingerprint density at radius 1 is 1.22 bits per heavy atom. The molecule has 0 aliphatic carbocycles. The molecule has 23 heavy (non-hydrogen) atoms. The number of para-hydroxylation sites is 1. The van der Waals surface area contributed by atoms with Crippen LogP contribution < -0.4 is 14.8 Å². The second kappa shape index (κ2) is 7.51. The summed E-state index contributed by atoms with van der Waals surface area (Å²) in [5.41, 5.74) is 0.605. The first-order valence-electron chi connectivity index (χ1n) is 6.59. The van der Waals surface area contributed by atoms with Gasteiger partial charge in [0, 0.05) is 5.69 Å². The molecule has 0 unspecified atom stereocenters. The summed E-state index contributed by atoms with van der Waals surface area (Å²) in [4.78, 5) is 22.8. The number of rotatable bonds is 6. The van der Waals surface area contributed by atoms with Gasteiger partial charge < -0.3 is 19.9 Å². The van der Waals surface area contributed by atoms with Crippen LogP contribution >= 0.6 is 11.6 Å². The molecule has 0 aliphatic rings. The second-order valence-electron chi connectivity index (χ2n) is 4.50. The van der Waals surface area contributed by atoms with E-state index in [2.05, 4.69) is 5.32 Å². The number of halogens is 1. The quantitative estimate of drug-likeness (QED) is 0.847. The number of hydrogen-bond donors (Lipinski definition) is 2. The molecule has 2 rings (SSSR count). The minimum absolute atomic E-state index is 0.0343. The third-order valence-electron chi connectivity index (χ3n) is 2.88. The van der Waals surface area contributed by atoms with Gasteiger partial charge in [0.05, 0.1) is 17.7 Å². The van der Waals surface area contributed by atoms with Crippen LogP contribution in [0, 0.1) is 0 Å². The van der Waals surface area contributed by atoms with Crippen molar-refractivity contribution in [2.45, 2.75) is 0 Å². The average molecular weight is 336 g/mol. The average Bonchev–Trinajstić information content (AvgIpc) is 2.53. The number of benzene rings is 2. The van der Waals surface area contributed by atoms with Crippen LogP contribution in [-0.2, 0) is 4.79 Å². The van der Waals surface area contributed by atoms with E-state index >= 15 is 0 Å². The fourth-order valence-electron chi connectivity index (χ4n) is 1.84. The van der Waals surface area contributed by atoms with Gasteiger partial charge in [-0.3, -0.25) is 4.79 Å². The van der Waals surface area contributed by atoms with Crippen molar-refractivity contribution in [2.75, 3.05) is 19.0 Å². The lowest BCUT2D eigenvalue weighted by Crippen LogP contribution is -2.20. The molecule has 0 fully saturated rings. The Morgan fingerprint density at radius 2 is 1.91 bits per heavy atom. The van der Waals surface area contributed by atoms with E-state index in [9.17, 15) is 9.59 Å².